The molecule has 2 aliphatic rings. The summed E-state index contributed by atoms with van der Waals surface area (Å²) in [4.78, 5) is 23.1. The van der Waals surface area contributed by atoms with Crippen LogP contribution in [0.15, 0.2) is 33.9 Å². The van der Waals surface area contributed by atoms with Crippen molar-refractivity contribution in [3.8, 4) is 11.1 Å². The zero-order chi connectivity index (χ0) is 15.1. The molecule has 2 rings (SSSR count). The number of halogens is 3. The molecule has 0 bridgehead atoms. The fourth-order valence-corrected chi connectivity index (χ4v) is 1.86. The van der Waals surface area contributed by atoms with Gasteiger partial charge < -0.3 is 9.52 Å². The minimum Gasteiger partial charge on any atom is -0.472 e. The minimum atomic E-state index is -4.85. The van der Waals surface area contributed by atoms with Crippen molar-refractivity contribution in [2.45, 2.75) is 6.18 Å². The Morgan fingerprint density at radius 1 is 1.35 bits per heavy atom. The number of amides is 1. The third kappa shape index (κ3) is 2.20. The first kappa shape index (κ1) is 13.9. The van der Waals surface area contributed by atoms with Crippen molar-refractivity contribution in [2.75, 3.05) is 11.9 Å². The topological polar surface area (TPSA) is 70.8 Å². The van der Waals surface area contributed by atoms with Gasteiger partial charge in [0.1, 0.15) is 6.26 Å². The molecule has 8 heteroatoms. The van der Waals surface area contributed by atoms with Crippen molar-refractivity contribution in [3.05, 3.63) is 40.4 Å². The monoisotopic (exact) mass is 287 g/mol. The summed E-state index contributed by atoms with van der Waals surface area (Å²) >= 11 is 0. The van der Waals surface area contributed by atoms with E-state index in [-0.39, 0.29) is 11.1 Å². The summed E-state index contributed by atoms with van der Waals surface area (Å²) in [7, 11) is 0.973. The Labute approximate surface area is 110 Å². The maximum atomic E-state index is 13.0. The van der Waals surface area contributed by atoms with Crippen LogP contribution in [0.4, 0.5) is 23.7 Å². The van der Waals surface area contributed by atoms with Crippen LogP contribution in [-0.4, -0.2) is 18.2 Å². The van der Waals surface area contributed by atoms with E-state index < -0.39 is 28.9 Å². The molecule has 5 nitrogen and oxygen atoms in total. The van der Waals surface area contributed by atoms with E-state index in [0.717, 1.165) is 25.6 Å². The molecule has 1 amide bonds. The van der Waals surface area contributed by atoms with Gasteiger partial charge in [-0.1, -0.05) is 0 Å². The van der Waals surface area contributed by atoms with E-state index in [1.165, 1.54) is 0 Å². The molecule has 20 heavy (non-hydrogen) atoms. The number of nitrogens with zero attached hydrogens (tertiary/aromatic N) is 1. The highest BCUT2D eigenvalue weighted by atomic mass is 19.4. The standard InChI is InChI=1S/C12H8F3NO4/c1-16(11(18)19)10-6-2-3-20-5-7(6)9(17)4-8(10)12(13,14)15/h2-5H,1H3,(H,18,19). The highest BCUT2D eigenvalue weighted by Gasteiger charge is 2.38. The van der Waals surface area contributed by atoms with Crippen molar-refractivity contribution in [1.29, 1.82) is 0 Å². The average Bonchev–Trinajstić information content (AvgIpc) is 2.37. The fraction of sp³-hybridized carbons (Fsp3) is 0.167. The SMILES string of the molecule is CN(C(=O)O)c1c2ccocc-2c(=O)cc1C(F)(F)F. The second kappa shape index (κ2) is 4.55. The van der Waals surface area contributed by atoms with E-state index in [1.54, 1.807) is 0 Å². The van der Waals surface area contributed by atoms with Gasteiger partial charge in [-0.2, -0.15) is 13.2 Å². The molecule has 0 radical (unpaired) electrons. The lowest BCUT2D eigenvalue weighted by molar-refractivity contribution is -0.137. The number of rotatable bonds is 1. The highest BCUT2D eigenvalue weighted by Crippen LogP contribution is 2.41. The van der Waals surface area contributed by atoms with Crippen molar-refractivity contribution >= 4 is 11.8 Å². The maximum Gasteiger partial charge on any atom is 0.418 e. The Morgan fingerprint density at radius 3 is 2.55 bits per heavy atom. The van der Waals surface area contributed by atoms with Crippen LogP contribution < -0.4 is 10.3 Å². The van der Waals surface area contributed by atoms with Gasteiger partial charge in [0, 0.05) is 18.7 Å². The van der Waals surface area contributed by atoms with Gasteiger partial charge in [0.2, 0.25) is 0 Å². The first-order valence-electron chi connectivity index (χ1n) is 5.30. The van der Waals surface area contributed by atoms with Gasteiger partial charge >= 0.3 is 12.3 Å². The molecule has 0 unspecified atom stereocenters. The summed E-state index contributed by atoms with van der Waals surface area (Å²) in [5.41, 5.74) is -3.05. The highest BCUT2D eigenvalue weighted by molar-refractivity contribution is 5.94. The largest absolute Gasteiger partial charge is 0.472 e. The number of alkyl halides is 3. The predicted molar refractivity (Wildman–Crippen MR) is 63.0 cm³/mol. The van der Waals surface area contributed by atoms with Crippen LogP contribution in [0.5, 0.6) is 0 Å². The second-order valence-corrected chi connectivity index (χ2v) is 3.99. The van der Waals surface area contributed by atoms with E-state index in [2.05, 4.69) is 0 Å². The lowest BCUT2D eigenvalue weighted by Crippen LogP contribution is -2.29. The van der Waals surface area contributed by atoms with Gasteiger partial charge in [0.15, 0.2) is 5.43 Å². The molecule has 0 aromatic rings. The molecule has 1 heterocycles. The van der Waals surface area contributed by atoms with Crippen molar-refractivity contribution < 1.29 is 27.5 Å². The predicted octanol–water partition coefficient (Wildman–Crippen LogP) is 2.88. The van der Waals surface area contributed by atoms with E-state index in [9.17, 15) is 22.8 Å². The van der Waals surface area contributed by atoms with Gasteiger partial charge in [0.25, 0.3) is 0 Å². The zero-order valence-corrected chi connectivity index (χ0v) is 10.1. The molecule has 0 aromatic heterocycles. The Bertz CT molecular complexity index is 692. The van der Waals surface area contributed by atoms with Gasteiger partial charge in [0.05, 0.1) is 23.1 Å². The van der Waals surface area contributed by atoms with Crippen molar-refractivity contribution in [1.82, 2.24) is 0 Å². The molecule has 1 aliphatic heterocycles. The third-order valence-corrected chi connectivity index (χ3v) is 2.77. The Balaban J connectivity index is 2.91. The number of benzene rings is 1. The molecule has 0 saturated heterocycles. The summed E-state index contributed by atoms with van der Waals surface area (Å²) < 4.78 is 43.7. The molecule has 0 atom stereocenters. The number of carbonyl (C=O) groups is 1. The van der Waals surface area contributed by atoms with E-state index >= 15 is 0 Å². The molecular weight excluding hydrogens is 279 g/mol. The maximum absolute atomic E-state index is 13.0. The lowest BCUT2D eigenvalue weighted by atomic mass is 9.98. The summed E-state index contributed by atoms with van der Waals surface area (Å²) in [5.74, 6) is 0. The molecular formula is C12H8F3NO4. The zero-order valence-electron chi connectivity index (χ0n) is 10.1. The molecule has 106 valence electrons. The van der Waals surface area contributed by atoms with E-state index in [4.69, 9.17) is 9.52 Å². The summed E-state index contributed by atoms with van der Waals surface area (Å²) in [6.07, 6.45) is -4.37. The molecule has 0 fully saturated rings. The van der Waals surface area contributed by atoms with E-state index in [0.29, 0.717) is 11.0 Å². The fourth-order valence-electron chi connectivity index (χ4n) is 1.86. The van der Waals surface area contributed by atoms with Gasteiger partial charge in [-0.15, -0.1) is 0 Å². The Kier molecular flexibility index (Phi) is 3.16. The van der Waals surface area contributed by atoms with Gasteiger partial charge in [-0.05, 0) is 6.07 Å². The molecule has 0 saturated carbocycles. The Morgan fingerprint density at radius 2 is 2.00 bits per heavy atom. The van der Waals surface area contributed by atoms with E-state index in [1.807, 2.05) is 0 Å². The van der Waals surface area contributed by atoms with Crippen LogP contribution in [0.25, 0.3) is 11.1 Å². The van der Waals surface area contributed by atoms with Crippen LogP contribution in [0.3, 0.4) is 0 Å². The second-order valence-electron chi connectivity index (χ2n) is 3.99. The van der Waals surface area contributed by atoms with Crippen LogP contribution >= 0.6 is 0 Å². The first-order valence-corrected chi connectivity index (χ1v) is 5.30. The Hall–Kier alpha value is -2.51. The van der Waals surface area contributed by atoms with Crippen LogP contribution in [-0.2, 0) is 6.18 Å². The summed E-state index contributed by atoms with van der Waals surface area (Å²) in [5, 5.41) is 8.91. The smallest absolute Gasteiger partial charge is 0.418 e. The number of fused-ring (bicyclic) bond motifs is 1. The molecule has 0 spiro atoms. The summed E-state index contributed by atoms with van der Waals surface area (Å²) in [6, 6.07) is 1.49. The normalized spacial score (nSPS) is 11.6. The minimum absolute atomic E-state index is 0.122. The first-order chi connectivity index (χ1) is 9.23. The van der Waals surface area contributed by atoms with Crippen LogP contribution in [0, 0.1) is 0 Å². The van der Waals surface area contributed by atoms with Gasteiger partial charge in [-0.25, -0.2) is 4.79 Å². The third-order valence-electron chi connectivity index (χ3n) is 2.77. The molecule has 1 N–H and O–H groups in total. The van der Waals surface area contributed by atoms with Crippen molar-refractivity contribution in [2.24, 2.45) is 0 Å². The van der Waals surface area contributed by atoms with Crippen LogP contribution in [0.1, 0.15) is 5.56 Å². The lowest BCUT2D eigenvalue weighted by Gasteiger charge is -2.23. The van der Waals surface area contributed by atoms with Crippen LogP contribution in [0.2, 0.25) is 0 Å². The van der Waals surface area contributed by atoms with Crippen molar-refractivity contribution in [3.63, 3.8) is 0 Å². The summed E-state index contributed by atoms with van der Waals surface area (Å²) in [6.45, 7) is 0. The molecule has 1 aliphatic carbocycles. The number of carboxylic acid groups (broad SMARTS) is 1. The number of anilines is 1. The van der Waals surface area contributed by atoms with Gasteiger partial charge in [-0.3, -0.25) is 9.69 Å². The quantitative estimate of drug-likeness (QED) is 0.875. The number of hydrogen-bond acceptors (Lipinski definition) is 3. The molecule has 0 aromatic carbocycles. The number of hydrogen-bond donors (Lipinski definition) is 1. The average molecular weight is 287 g/mol.